The Kier molecular flexibility index (Phi) is 7.17. The average molecular weight is 372 g/mol. The Labute approximate surface area is 165 Å². The van der Waals surface area contributed by atoms with E-state index in [4.69, 9.17) is 0 Å². The summed E-state index contributed by atoms with van der Waals surface area (Å²) in [5.74, 6) is 0.825. The van der Waals surface area contributed by atoms with Crippen molar-refractivity contribution in [3.63, 3.8) is 0 Å². The minimum absolute atomic E-state index is 0.238. The van der Waals surface area contributed by atoms with Gasteiger partial charge in [0.15, 0.2) is 0 Å². The molecule has 4 nitrogen and oxygen atoms in total. The molecule has 0 atom stereocenters. The number of likely N-dealkylation sites (N-methyl/N-ethyl adjacent to an activating group) is 1. The number of benzene rings is 1. The molecular weight excluding hydrogens is 334 g/mol. The first-order valence-electron chi connectivity index (χ1n) is 10.9. The van der Waals surface area contributed by atoms with Crippen LogP contribution >= 0.6 is 0 Å². The minimum atomic E-state index is 0.238. The van der Waals surface area contributed by atoms with E-state index in [-0.39, 0.29) is 5.91 Å². The van der Waals surface area contributed by atoms with E-state index >= 15 is 0 Å². The fraction of sp³-hybridized carbons (Fsp3) is 0.696. The maximum Gasteiger partial charge on any atom is 0.220 e. The third-order valence-electron chi connectivity index (χ3n) is 6.76. The Hall–Kier alpha value is -1.55. The average Bonchev–Trinajstić information content (AvgIpc) is 2.68. The Balaban J connectivity index is 1.37. The summed E-state index contributed by atoms with van der Waals surface area (Å²) in [6, 6.07) is 8.59. The lowest BCUT2D eigenvalue weighted by Gasteiger charge is -2.43. The van der Waals surface area contributed by atoms with Gasteiger partial charge in [-0.3, -0.25) is 4.79 Å². The number of aryl methyl sites for hydroxylation is 1. The van der Waals surface area contributed by atoms with Crippen LogP contribution in [-0.4, -0.2) is 38.6 Å². The van der Waals surface area contributed by atoms with E-state index in [0.717, 1.165) is 19.6 Å². The smallest absolute Gasteiger partial charge is 0.220 e. The number of nitrogens with one attached hydrogen (secondary N) is 2. The summed E-state index contributed by atoms with van der Waals surface area (Å²) in [5.41, 5.74) is 3.11. The first-order chi connectivity index (χ1) is 13.1. The number of carbonyl (C=O) groups excluding carboxylic acids is 1. The van der Waals surface area contributed by atoms with Crippen LogP contribution in [-0.2, 0) is 4.79 Å². The van der Waals surface area contributed by atoms with Crippen molar-refractivity contribution in [2.24, 2.45) is 11.3 Å². The monoisotopic (exact) mass is 371 g/mol. The Morgan fingerprint density at radius 3 is 2.63 bits per heavy atom. The molecule has 0 aromatic heterocycles. The van der Waals surface area contributed by atoms with Gasteiger partial charge in [0, 0.05) is 31.7 Å². The number of hydrogen-bond acceptors (Lipinski definition) is 3. The summed E-state index contributed by atoms with van der Waals surface area (Å²) in [6.45, 7) is 9.20. The van der Waals surface area contributed by atoms with Crippen molar-refractivity contribution in [1.29, 1.82) is 0 Å². The molecule has 1 saturated carbocycles. The molecule has 1 aliphatic heterocycles. The van der Waals surface area contributed by atoms with Gasteiger partial charge in [0.25, 0.3) is 0 Å². The first kappa shape index (κ1) is 20.2. The van der Waals surface area contributed by atoms with Gasteiger partial charge in [-0.1, -0.05) is 12.1 Å². The first-order valence-corrected chi connectivity index (χ1v) is 10.9. The zero-order valence-electron chi connectivity index (χ0n) is 17.2. The third-order valence-corrected chi connectivity index (χ3v) is 6.76. The summed E-state index contributed by atoms with van der Waals surface area (Å²) < 4.78 is 0. The SMILES string of the molecule is CCN(CCNC(=O)CC1CCC2(CCNCC2)CC1)c1cccc(C)c1. The predicted molar refractivity (Wildman–Crippen MR) is 113 cm³/mol. The van der Waals surface area contributed by atoms with Gasteiger partial charge >= 0.3 is 0 Å². The molecule has 2 N–H and O–H groups in total. The van der Waals surface area contributed by atoms with Crippen molar-refractivity contribution < 1.29 is 4.79 Å². The normalized spacial score (nSPS) is 19.8. The predicted octanol–water partition coefficient (Wildman–Crippen LogP) is 3.89. The Morgan fingerprint density at radius 1 is 1.22 bits per heavy atom. The summed E-state index contributed by atoms with van der Waals surface area (Å²) >= 11 is 0. The lowest BCUT2D eigenvalue weighted by molar-refractivity contribution is -0.122. The molecule has 1 saturated heterocycles. The number of nitrogens with zero attached hydrogens (tertiary/aromatic N) is 1. The molecule has 4 heteroatoms. The van der Waals surface area contributed by atoms with Crippen LogP contribution in [0.25, 0.3) is 0 Å². The van der Waals surface area contributed by atoms with Crippen molar-refractivity contribution >= 4 is 11.6 Å². The lowest BCUT2D eigenvalue weighted by Crippen LogP contribution is -2.40. The van der Waals surface area contributed by atoms with Gasteiger partial charge in [0.1, 0.15) is 0 Å². The zero-order valence-corrected chi connectivity index (χ0v) is 17.2. The highest BCUT2D eigenvalue weighted by Crippen LogP contribution is 2.45. The quantitative estimate of drug-likeness (QED) is 0.764. The standard InChI is InChI=1S/C23H37N3O/c1-3-26(21-6-4-5-19(2)17-21)16-15-25-22(27)18-20-7-9-23(10-8-20)11-13-24-14-12-23/h4-6,17,20,24H,3,7-16,18H2,1-2H3,(H,25,27). The van der Waals surface area contributed by atoms with Crippen LogP contribution in [0, 0.1) is 18.3 Å². The second kappa shape index (κ2) is 9.59. The van der Waals surface area contributed by atoms with Crippen molar-refractivity contribution in [2.75, 3.05) is 37.6 Å². The van der Waals surface area contributed by atoms with Gasteiger partial charge in [-0.15, -0.1) is 0 Å². The van der Waals surface area contributed by atoms with Crippen molar-refractivity contribution in [2.45, 2.75) is 58.8 Å². The van der Waals surface area contributed by atoms with Gasteiger partial charge in [-0.25, -0.2) is 0 Å². The summed E-state index contributed by atoms with van der Waals surface area (Å²) in [7, 11) is 0. The molecule has 150 valence electrons. The zero-order chi connectivity index (χ0) is 19.1. The maximum absolute atomic E-state index is 12.4. The van der Waals surface area contributed by atoms with Crippen LogP contribution in [0.4, 0.5) is 5.69 Å². The Bertz CT molecular complexity index is 599. The van der Waals surface area contributed by atoms with Gasteiger partial charge in [0.2, 0.25) is 5.91 Å². The molecule has 1 heterocycles. The number of rotatable bonds is 7. The highest BCUT2D eigenvalue weighted by atomic mass is 16.1. The number of anilines is 1. The fourth-order valence-electron chi connectivity index (χ4n) is 4.91. The van der Waals surface area contributed by atoms with E-state index in [1.54, 1.807) is 0 Å². The van der Waals surface area contributed by atoms with Gasteiger partial charge in [-0.05, 0) is 94.5 Å². The molecule has 27 heavy (non-hydrogen) atoms. The van der Waals surface area contributed by atoms with Crippen LogP contribution in [0.3, 0.4) is 0 Å². The largest absolute Gasteiger partial charge is 0.370 e. The van der Waals surface area contributed by atoms with Crippen LogP contribution in [0.15, 0.2) is 24.3 Å². The maximum atomic E-state index is 12.4. The molecule has 0 bridgehead atoms. The van der Waals surface area contributed by atoms with Gasteiger partial charge in [-0.2, -0.15) is 0 Å². The molecule has 2 fully saturated rings. The van der Waals surface area contributed by atoms with E-state index in [1.165, 1.54) is 62.9 Å². The minimum Gasteiger partial charge on any atom is -0.370 e. The van der Waals surface area contributed by atoms with E-state index in [2.05, 4.69) is 53.6 Å². The molecule has 1 aromatic carbocycles. The number of hydrogen-bond donors (Lipinski definition) is 2. The number of carbonyl (C=O) groups is 1. The fourth-order valence-corrected chi connectivity index (χ4v) is 4.91. The lowest BCUT2D eigenvalue weighted by atomic mass is 9.65. The van der Waals surface area contributed by atoms with Crippen LogP contribution in [0.1, 0.15) is 57.4 Å². The highest BCUT2D eigenvalue weighted by Gasteiger charge is 2.36. The second-order valence-corrected chi connectivity index (χ2v) is 8.67. The van der Waals surface area contributed by atoms with Crippen molar-refractivity contribution in [1.82, 2.24) is 10.6 Å². The Morgan fingerprint density at radius 2 is 1.96 bits per heavy atom. The molecule has 0 radical (unpaired) electrons. The van der Waals surface area contributed by atoms with Crippen molar-refractivity contribution in [3.8, 4) is 0 Å². The second-order valence-electron chi connectivity index (χ2n) is 8.67. The van der Waals surface area contributed by atoms with E-state index in [9.17, 15) is 4.79 Å². The van der Waals surface area contributed by atoms with Gasteiger partial charge in [0.05, 0.1) is 0 Å². The third kappa shape index (κ3) is 5.71. The number of amides is 1. The van der Waals surface area contributed by atoms with Crippen LogP contribution < -0.4 is 15.5 Å². The number of piperidine rings is 1. The van der Waals surface area contributed by atoms with Crippen LogP contribution in [0.5, 0.6) is 0 Å². The molecule has 2 aliphatic rings. The summed E-state index contributed by atoms with van der Waals surface area (Å²) in [5, 5.41) is 6.64. The topological polar surface area (TPSA) is 44.4 Å². The van der Waals surface area contributed by atoms with Crippen molar-refractivity contribution in [3.05, 3.63) is 29.8 Å². The molecule has 1 aromatic rings. The summed E-state index contributed by atoms with van der Waals surface area (Å²) in [4.78, 5) is 14.7. The molecular formula is C23H37N3O. The van der Waals surface area contributed by atoms with Gasteiger partial charge < -0.3 is 15.5 Å². The van der Waals surface area contributed by atoms with E-state index in [0.29, 0.717) is 17.8 Å². The van der Waals surface area contributed by atoms with E-state index < -0.39 is 0 Å². The van der Waals surface area contributed by atoms with E-state index in [1.807, 2.05) is 0 Å². The molecule has 0 unspecified atom stereocenters. The molecule has 3 rings (SSSR count). The van der Waals surface area contributed by atoms with Crippen LogP contribution in [0.2, 0.25) is 0 Å². The molecule has 1 spiro atoms. The molecule has 1 aliphatic carbocycles. The molecule has 1 amide bonds. The highest BCUT2D eigenvalue weighted by molar-refractivity contribution is 5.76. The summed E-state index contributed by atoms with van der Waals surface area (Å²) in [6.07, 6.45) is 8.49.